The second-order valence-electron chi connectivity index (χ2n) is 4.41. The lowest BCUT2D eigenvalue weighted by molar-refractivity contribution is 0.776. The van der Waals surface area contributed by atoms with Crippen LogP contribution in [0.15, 0.2) is 28.7 Å². The topological polar surface area (TPSA) is 43.8 Å². The summed E-state index contributed by atoms with van der Waals surface area (Å²) in [6.45, 7) is 4.27. The number of rotatable bonds is 2. The Morgan fingerprint density at radius 2 is 1.94 bits per heavy atom. The fourth-order valence-corrected chi connectivity index (χ4v) is 2.58. The molecule has 1 aromatic carbocycles. The van der Waals surface area contributed by atoms with Gasteiger partial charge in [-0.05, 0) is 12.0 Å². The minimum absolute atomic E-state index is 0.353. The smallest absolute Gasteiger partial charge is 0.149 e. The van der Waals surface area contributed by atoms with E-state index in [1.54, 1.807) is 0 Å². The van der Waals surface area contributed by atoms with Crippen molar-refractivity contribution in [2.24, 2.45) is 7.05 Å². The minimum atomic E-state index is 0.353. The Morgan fingerprint density at radius 1 is 1.29 bits per heavy atom. The molecular weight excluding hydrogens is 278 g/mol. The Kier molecular flexibility index (Phi) is 3.24. The summed E-state index contributed by atoms with van der Waals surface area (Å²) in [4.78, 5) is 0. The van der Waals surface area contributed by atoms with Gasteiger partial charge < -0.3 is 5.73 Å². The number of benzene rings is 1. The van der Waals surface area contributed by atoms with E-state index in [2.05, 4.69) is 40.9 Å². The first-order valence-corrected chi connectivity index (χ1v) is 6.39. The molecule has 4 heteroatoms. The molecule has 0 spiro atoms. The van der Waals surface area contributed by atoms with E-state index in [0.29, 0.717) is 11.7 Å². The van der Waals surface area contributed by atoms with Crippen molar-refractivity contribution in [3.05, 3.63) is 34.3 Å². The van der Waals surface area contributed by atoms with Gasteiger partial charge in [0.15, 0.2) is 0 Å². The zero-order chi connectivity index (χ0) is 12.6. The number of aromatic nitrogens is 2. The number of hydrogen-bond acceptors (Lipinski definition) is 2. The summed E-state index contributed by atoms with van der Waals surface area (Å²) in [5.74, 6) is 0.971. The van der Waals surface area contributed by atoms with Crippen molar-refractivity contribution in [2.75, 3.05) is 5.73 Å². The molecule has 2 aromatic rings. The Labute approximate surface area is 110 Å². The van der Waals surface area contributed by atoms with Crippen LogP contribution in [0.5, 0.6) is 0 Å². The van der Waals surface area contributed by atoms with E-state index in [-0.39, 0.29) is 0 Å². The first-order chi connectivity index (χ1) is 8.02. The highest BCUT2D eigenvalue weighted by atomic mass is 79.9. The van der Waals surface area contributed by atoms with E-state index < -0.39 is 0 Å². The molecule has 0 atom stereocenters. The second-order valence-corrected chi connectivity index (χ2v) is 5.26. The Morgan fingerprint density at radius 3 is 2.53 bits per heavy atom. The molecule has 0 aliphatic carbocycles. The predicted molar refractivity (Wildman–Crippen MR) is 74.8 cm³/mol. The average Bonchev–Trinajstić information content (AvgIpc) is 2.54. The van der Waals surface area contributed by atoms with Crippen LogP contribution in [-0.2, 0) is 7.05 Å². The van der Waals surface area contributed by atoms with E-state index in [1.807, 2.05) is 29.9 Å². The maximum absolute atomic E-state index is 5.98. The molecule has 0 unspecified atom stereocenters. The van der Waals surface area contributed by atoms with Crippen molar-refractivity contribution in [3.8, 4) is 11.3 Å². The highest BCUT2D eigenvalue weighted by Crippen LogP contribution is 2.36. The van der Waals surface area contributed by atoms with Gasteiger partial charge in [-0.3, -0.25) is 4.68 Å². The normalized spacial score (nSPS) is 11.1. The van der Waals surface area contributed by atoms with Gasteiger partial charge in [-0.25, -0.2) is 0 Å². The molecule has 0 saturated heterocycles. The third kappa shape index (κ3) is 2.09. The van der Waals surface area contributed by atoms with Gasteiger partial charge in [-0.1, -0.05) is 48.0 Å². The van der Waals surface area contributed by atoms with Crippen LogP contribution in [0.4, 0.5) is 5.82 Å². The van der Waals surface area contributed by atoms with Gasteiger partial charge in [0, 0.05) is 22.6 Å². The number of nitrogen functional groups attached to an aromatic ring is 1. The quantitative estimate of drug-likeness (QED) is 0.920. The van der Waals surface area contributed by atoms with Crippen LogP contribution < -0.4 is 5.73 Å². The van der Waals surface area contributed by atoms with E-state index in [0.717, 1.165) is 21.3 Å². The fraction of sp³-hybridized carbons (Fsp3) is 0.308. The molecule has 0 fully saturated rings. The van der Waals surface area contributed by atoms with Crippen LogP contribution in [0.2, 0.25) is 0 Å². The molecule has 1 aromatic heterocycles. The van der Waals surface area contributed by atoms with Crippen LogP contribution in [0.1, 0.15) is 25.3 Å². The summed E-state index contributed by atoms with van der Waals surface area (Å²) in [7, 11) is 1.93. The first-order valence-electron chi connectivity index (χ1n) is 5.59. The lowest BCUT2D eigenvalue weighted by atomic mass is 9.98. The number of anilines is 1. The number of nitrogens with zero attached hydrogens (tertiary/aromatic N) is 2. The second kappa shape index (κ2) is 4.53. The maximum Gasteiger partial charge on any atom is 0.149 e. The molecule has 0 bridgehead atoms. The molecule has 0 saturated carbocycles. The van der Waals surface area contributed by atoms with Crippen molar-refractivity contribution in [3.63, 3.8) is 0 Å². The summed E-state index contributed by atoms with van der Waals surface area (Å²) in [6.07, 6.45) is 0. The van der Waals surface area contributed by atoms with Crippen LogP contribution in [-0.4, -0.2) is 9.78 Å². The Bertz CT molecular complexity index is 544. The molecule has 3 nitrogen and oxygen atoms in total. The molecular formula is C13H16BrN3. The zero-order valence-electron chi connectivity index (χ0n) is 10.2. The van der Waals surface area contributed by atoms with Gasteiger partial charge in [-0.15, -0.1) is 0 Å². The number of hydrogen-bond donors (Lipinski definition) is 1. The summed E-state index contributed by atoms with van der Waals surface area (Å²) < 4.78 is 2.91. The van der Waals surface area contributed by atoms with Crippen LogP contribution in [0.3, 0.4) is 0 Å². The van der Waals surface area contributed by atoms with Crippen LogP contribution in [0.25, 0.3) is 11.3 Å². The monoisotopic (exact) mass is 293 g/mol. The first kappa shape index (κ1) is 12.2. The summed E-state index contributed by atoms with van der Waals surface area (Å²) in [5.41, 5.74) is 9.31. The van der Waals surface area contributed by atoms with Crippen molar-refractivity contribution in [2.45, 2.75) is 19.8 Å². The standard InChI is InChI=1S/C13H16BrN3/c1-8(2)11-12(17(3)16-13(11)15)9-6-4-5-7-10(9)14/h4-8H,1-3H3,(H2,15,16). The largest absolute Gasteiger partial charge is 0.382 e. The third-order valence-electron chi connectivity index (χ3n) is 2.82. The average molecular weight is 294 g/mol. The molecule has 0 aliphatic heterocycles. The van der Waals surface area contributed by atoms with Gasteiger partial charge in [0.2, 0.25) is 0 Å². The van der Waals surface area contributed by atoms with Gasteiger partial charge in [-0.2, -0.15) is 5.10 Å². The summed E-state index contributed by atoms with van der Waals surface area (Å²) in [5, 5.41) is 4.32. The molecule has 0 aliphatic rings. The summed E-state index contributed by atoms with van der Waals surface area (Å²) >= 11 is 3.58. The lowest BCUT2D eigenvalue weighted by Gasteiger charge is -2.10. The molecule has 0 amide bonds. The van der Waals surface area contributed by atoms with E-state index >= 15 is 0 Å². The summed E-state index contributed by atoms with van der Waals surface area (Å²) in [6, 6.07) is 8.13. The van der Waals surface area contributed by atoms with Gasteiger partial charge in [0.1, 0.15) is 5.82 Å². The van der Waals surface area contributed by atoms with Crippen molar-refractivity contribution in [1.29, 1.82) is 0 Å². The Balaban J connectivity index is 2.71. The molecule has 2 N–H and O–H groups in total. The van der Waals surface area contributed by atoms with E-state index in [9.17, 15) is 0 Å². The minimum Gasteiger partial charge on any atom is -0.382 e. The number of nitrogens with two attached hydrogens (primary N) is 1. The van der Waals surface area contributed by atoms with Crippen molar-refractivity contribution < 1.29 is 0 Å². The molecule has 17 heavy (non-hydrogen) atoms. The van der Waals surface area contributed by atoms with Crippen molar-refractivity contribution >= 4 is 21.7 Å². The number of halogens is 1. The van der Waals surface area contributed by atoms with Gasteiger partial charge >= 0.3 is 0 Å². The molecule has 1 heterocycles. The predicted octanol–water partition coefficient (Wildman–Crippen LogP) is 3.56. The van der Waals surface area contributed by atoms with Crippen LogP contribution >= 0.6 is 15.9 Å². The lowest BCUT2D eigenvalue weighted by Crippen LogP contribution is -1.97. The van der Waals surface area contributed by atoms with E-state index in [4.69, 9.17) is 5.73 Å². The van der Waals surface area contributed by atoms with Crippen molar-refractivity contribution in [1.82, 2.24) is 9.78 Å². The highest BCUT2D eigenvalue weighted by molar-refractivity contribution is 9.10. The molecule has 90 valence electrons. The number of aryl methyl sites for hydroxylation is 1. The zero-order valence-corrected chi connectivity index (χ0v) is 11.8. The van der Waals surface area contributed by atoms with Gasteiger partial charge in [0.05, 0.1) is 5.69 Å². The van der Waals surface area contributed by atoms with Crippen LogP contribution in [0, 0.1) is 0 Å². The highest BCUT2D eigenvalue weighted by Gasteiger charge is 2.19. The molecule has 0 radical (unpaired) electrons. The molecule has 2 rings (SSSR count). The van der Waals surface area contributed by atoms with E-state index in [1.165, 1.54) is 0 Å². The van der Waals surface area contributed by atoms with Gasteiger partial charge in [0.25, 0.3) is 0 Å². The Hall–Kier alpha value is -1.29. The SMILES string of the molecule is CC(C)c1c(N)nn(C)c1-c1ccccc1Br. The third-order valence-corrected chi connectivity index (χ3v) is 3.51. The fourth-order valence-electron chi connectivity index (χ4n) is 2.10. The maximum atomic E-state index is 5.98.